The SMILES string of the molecule is NNc1ccc2cccc(OCc3ccc(Cl)cc3)c2n1. The van der Waals surface area contributed by atoms with Gasteiger partial charge in [0.1, 0.15) is 23.7 Å². The maximum Gasteiger partial charge on any atom is 0.146 e. The van der Waals surface area contributed by atoms with Crippen LogP contribution in [0, 0.1) is 0 Å². The van der Waals surface area contributed by atoms with Crippen molar-refractivity contribution in [1.82, 2.24) is 4.98 Å². The van der Waals surface area contributed by atoms with E-state index in [0.29, 0.717) is 17.4 Å². The van der Waals surface area contributed by atoms with Gasteiger partial charge in [-0.25, -0.2) is 10.8 Å². The number of aromatic nitrogens is 1. The van der Waals surface area contributed by atoms with E-state index in [9.17, 15) is 0 Å². The number of benzene rings is 2. The number of hydrogen-bond acceptors (Lipinski definition) is 4. The van der Waals surface area contributed by atoms with Crippen LogP contribution in [0.25, 0.3) is 10.9 Å². The van der Waals surface area contributed by atoms with Crippen molar-refractivity contribution in [1.29, 1.82) is 0 Å². The molecule has 2 aromatic carbocycles. The third-order valence-electron chi connectivity index (χ3n) is 3.14. The van der Waals surface area contributed by atoms with E-state index in [-0.39, 0.29) is 0 Å². The minimum atomic E-state index is 0.457. The summed E-state index contributed by atoms with van der Waals surface area (Å²) in [5.74, 6) is 6.73. The number of hydrazine groups is 1. The summed E-state index contributed by atoms with van der Waals surface area (Å²) in [6.07, 6.45) is 0. The van der Waals surface area contributed by atoms with Gasteiger partial charge in [-0.05, 0) is 35.9 Å². The minimum absolute atomic E-state index is 0.457. The van der Waals surface area contributed by atoms with Crippen LogP contribution in [-0.2, 0) is 6.61 Å². The van der Waals surface area contributed by atoms with E-state index in [2.05, 4.69) is 10.4 Å². The number of pyridine rings is 1. The van der Waals surface area contributed by atoms with E-state index in [4.69, 9.17) is 22.2 Å². The second-order valence-corrected chi connectivity index (χ2v) is 5.02. The molecule has 0 saturated heterocycles. The normalized spacial score (nSPS) is 10.6. The molecule has 0 aliphatic rings. The number of rotatable bonds is 4. The van der Waals surface area contributed by atoms with Crippen molar-refractivity contribution in [2.75, 3.05) is 5.43 Å². The Hall–Kier alpha value is -2.30. The third-order valence-corrected chi connectivity index (χ3v) is 3.39. The molecule has 0 radical (unpaired) electrons. The Balaban J connectivity index is 1.87. The largest absolute Gasteiger partial charge is 0.487 e. The molecule has 0 aliphatic heterocycles. The quantitative estimate of drug-likeness (QED) is 0.569. The predicted octanol–water partition coefficient (Wildman–Crippen LogP) is 3.75. The lowest BCUT2D eigenvalue weighted by atomic mass is 10.2. The fraction of sp³-hybridized carbons (Fsp3) is 0.0625. The number of nitrogens with two attached hydrogens (primary N) is 1. The van der Waals surface area contributed by atoms with Crippen LogP contribution in [0.15, 0.2) is 54.6 Å². The van der Waals surface area contributed by atoms with E-state index < -0.39 is 0 Å². The summed E-state index contributed by atoms with van der Waals surface area (Å²) < 4.78 is 5.87. The van der Waals surface area contributed by atoms with Crippen LogP contribution in [0.1, 0.15) is 5.56 Å². The molecule has 106 valence electrons. The molecule has 21 heavy (non-hydrogen) atoms. The molecule has 3 aromatic rings. The molecule has 0 unspecified atom stereocenters. The summed E-state index contributed by atoms with van der Waals surface area (Å²) in [4.78, 5) is 4.44. The van der Waals surface area contributed by atoms with Gasteiger partial charge in [-0.2, -0.15) is 0 Å². The van der Waals surface area contributed by atoms with Crippen molar-refractivity contribution in [2.24, 2.45) is 5.84 Å². The molecule has 0 saturated carbocycles. The number of nitrogen functional groups attached to an aromatic ring is 1. The summed E-state index contributed by atoms with van der Waals surface area (Å²) >= 11 is 5.87. The summed E-state index contributed by atoms with van der Waals surface area (Å²) in [5, 5.41) is 1.71. The van der Waals surface area contributed by atoms with Gasteiger partial charge in [-0.15, -0.1) is 0 Å². The molecule has 1 aromatic heterocycles. The maximum atomic E-state index is 5.87. The van der Waals surface area contributed by atoms with Crippen LogP contribution in [0.2, 0.25) is 5.02 Å². The van der Waals surface area contributed by atoms with Crippen molar-refractivity contribution < 1.29 is 4.74 Å². The lowest BCUT2D eigenvalue weighted by Gasteiger charge is -2.10. The van der Waals surface area contributed by atoms with Gasteiger partial charge in [-0.3, -0.25) is 0 Å². The number of anilines is 1. The second-order valence-electron chi connectivity index (χ2n) is 4.58. The van der Waals surface area contributed by atoms with E-state index in [1.165, 1.54) is 0 Å². The molecule has 0 bridgehead atoms. The fourth-order valence-corrected chi connectivity index (χ4v) is 2.18. The van der Waals surface area contributed by atoms with Crippen molar-refractivity contribution >= 4 is 28.3 Å². The Bertz CT molecular complexity index is 759. The van der Waals surface area contributed by atoms with Crippen molar-refractivity contribution in [3.63, 3.8) is 0 Å². The predicted molar refractivity (Wildman–Crippen MR) is 85.3 cm³/mol. The number of nitrogens with zero attached hydrogens (tertiary/aromatic N) is 1. The topological polar surface area (TPSA) is 60.2 Å². The van der Waals surface area contributed by atoms with E-state index in [1.54, 1.807) is 0 Å². The minimum Gasteiger partial charge on any atom is -0.487 e. The zero-order valence-corrected chi connectivity index (χ0v) is 12.0. The molecular weight excluding hydrogens is 286 g/mol. The first-order chi connectivity index (χ1) is 10.3. The molecule has 5 heteroatoms. The fourth-order valence-electron chi connectivity index (χ4n) is 2.06. The summed E-state index contributed by atoms with van der Waals surface area (Å²) in [6, 6.07) is 17.2. The smallest absolute Gasteiger partial charge is 0.146 e. The van der Waals surface area contributed by atoms with Crippen molar-refractivity contribution in [2.45, 2.75) is 6.61 Å². The monoisotopic (exact) mass is 299 g/mol. The molecule has 3 N–H and O–H groups in total. The van der Waals surface area contributed by atoms with Crippen LogP contribution in [0.5, 0.6) is 5.75 Å². The highest BCUT2D eigenvalue weighted by atomic mass is 35.5. The zero-order chi connectivity index (χ0) is 14.7. The second kappa shape index (κ2) is 5.99. The Morgan fingerprint density at radius 3 is 2.62 bits per heavy atom. The number of hydrogen-bond donors (Lipinski definition) is 2. The first-order valence-corrected chi connectivity index (χ1v) is 6.88. The molecule has 1 heterocycles. The highest BCUT2D eigenvalue weighted by Crippen LogP contribution is 2.26. The standard InChI is InChI=1S/C16H14ClN3O/c17-13-7-4-11(5-8-13)10-21-14-3-1-2-12-6-9-15(20-18)19-16(12)14/h1-9H,10,18H2,(H,19,20). The van der Waals surface area contributed by atoms with Crippen LogP contribution in [-0.4, -0.2) is 4.98 Å². The highest BCUT2D eigenvalue weighted by molar-refractivity contribution is 6.30. The van der Waals surface area contributed by atoms with Crippen molar-refractivity contribution in [3.8, 4) is 5.75 Å². The lowest BCUT2D eigenvalue weighted by molar-refractivity contribution is 0.309. The zero-order valence-electron chi connectivity index (χ0n) is 11.2. The third kappa shape index (κ3) is 3.07. The van der Waals surface area contributed by atoms with Gasteiger partial charge < -0.3 is 10.2 Å². The highest BCUT2D eigenvalue weighted by Gasteiger charge is 2.05. The van der Waals surface area contributed by atoms with Gasteiger partial charge in [-0.1, -0.05) is 35.9 Å². The number of para-hydroxylation sites is 1. The number of ether oxygens (including phenoxy) is 1. The van der Waals surface area contributed by atoms with Gasteiger partial charge in [0.2, 0.25) is 0 Å². The van der Waals surface area contributed by atoms with E-state index >= 15 is 0 Å². The lowest BCUT2D eigenvalue weighted by Crippen LogP contribution is -2.08. The van der Waals surface area contributed by atoms with Gasteiger partial charge in [0.05, 0.1) is 0 Å². The Morgan fingerprint density at radius 1 is 1.05 bits per heavy atom. The molecule has 0 fully saturated rings. The van der Waals surface area contributed by atoms with Crippen LogP contribution < -0.4 is 16.0 Å². The summed E-state index contributed by atoms with van der Waals surface area (Å²) in [5.41, 5.74) is 4.37. The first kappa shape index (κ1) is 13.7. The Kier molecular flexibility index (Phi) is 3.90. The molecule has 0 spiro atoms. The molecular formula is C16H14ClN3O. The maximum absolute atomic E-state index is 5.87. The van der Waals surface area contributed by atoms with Gasteiger partial charge in [0, 0.05) is 10.4 Å². The average molecular weight is 300 g/mol. The Morgan fingerprint density at radius 2 is 1.86 bits per heavy atom. The van der Waals surface area contributed by atoms with Crippen molar-refractivity contribution in [3.05, 3.63) is 65.2 Å². The number of fused-ring (bicyclic) bond motifs is 1. The Labute approximate surface area is 127 Å². The molecule has 3 rings (SSSR count). The van der Waals surface area contributed by atoms with Crippen LogP contribution in [0.3, 0.4) is 0 Å². The average Bonchev–Trinajstić information content (AvgIpc) is 2.54. The molecule has 0 atom stereocenters. The number of nitrogens with one attached hydrogen (secondary N) is 1. The van der Waals surface area contributed by atoms with Gasteiger partial charge in [0.15, 0.2) is 0 Å². The van der Waals surface area contributed by atoms with E-state index in [0.717, 1.165) is 22.2 Å². The van der Waals surface area contributed by atoms with Gasteiger partial charge in [0.25, 0.3) is 0 Å². The van der Waals surface area contributed by atoms with Gasteiger partial charge >= 0.3 is 0 Å². The van der Waals surface area contributed by atoms with Crippen LogP contribution >= 0.6 is 11.6 Å². The molecule has 4 nitrogen and oxygen atoms in total. The summed E-state index contributed by atoms with van der Waals surface area (Å²) in [7, 11) is 0. The summed E-state index contributed by atoms with van der Waals surface area (Å²) in [6.45, 7) is 0.457. The molecule has 0 aliphatic carbocycles. The molecule has 0 amide bonds. The first-order valence-electron chi connectivity index (χ1n) is 6.50. The number of halogens is 1. The van der Waals surface area contributed by atoms with E-state index in [1.807, 2.05) is 54.6 Å². The van der Waals surface area contributed by atoms with Crippen LogP contribution in [0.4, 0.5) is 5.82 Å².